The molecule has 0 atom stereocenters. The summed E-state index contributed by atoms with van der Waals surface area (Å²) in [6.07, 6.45) is 9.15. The van der Waals surface area contributed by atoms with Crippen molar-refractivity contribution in [2.45, 2.75) is 51.9 Å². The van der Waals surface area contributed by atoms with Gasteiger partial charge in [-0.25, -0.2) is 4.98 Å². The Hall–Kier alpha value is -1.43. The zero-order chi connectivity index (χ0) is 15.8. The maximum Gasteiger partial charge on any atom is 0.245 e. The molecule has 2 amide bonds. The molecule has 122 valence electrons. The van der Waals surface area contributed by atoms with E-state index in [1.165, 1.54) is 24.2 Å². The van der Waals surface area contributed by atoms with Crippen molar-refractivity contribution in [2.75, 3.05) is 18.4 Å². The third-order valence-corrected chi connectivity index (χ3v) is 4.75. The Morgan fingerprint density at radius 2 is 2.18 bits per heavy atom. The van der Waals surface area contributed by atoms with Gasteiger partial charge in [0, 0.05) is 24.0 Å². The van der Waals surface area contributed by atoms with Crippen molar-refractivity contribution in [1.29, 1.82) is 0 Å². The van der Waals surface area contributed by atoms with Gasteiger partial charge in [-0.3, -0.25) is 9.59 Å². The summed E-state index contributed by atoms with van der Waals surface area (Å²) >= 11 is 1.39. The van der Waals surface area contributed by atoms with Crippen LogP contribution in [0.1, 0.15) is 51.9 Å². The highest BCUT2D eigenvalue weighted by molar-refractivity contribution is 7.13. The molecule has 0 bridgehead atoms. The van der Waals surface area contributed by atoms with E-state index in [4.69, 9.17) is 0 Å². The van der Waals surface area contributed by atoms with Crippen molar-refractivity contribution >= 4 is 28.3 Å². The maximum absolute atomic E-state index is 12.5. The number of carbonyl (C=O) groups is 2. The van der Waals surface area contributed by atoms with Gasteiger partial charge in [0.2, 0.25) is 11.8 Å². The first-order valence-corrected chi connectivity index (χ1v) is 9.06. The number of thiazole rings is 1. The molecule has 0 aromatic carbocycles. The standard InChI is InChI=1S/C16H25N3O2S/c1-2-3-4-5-10-19(15(21)13-7-6-8-13)12-14(20)18-16-17-9-11-22-16/h9,11,13H,2-8,10,12H2,1H3,(H,17,18,20). The number of carbonyl (C=O) groups excluding carboxylic acids is 2. The van der Waals surface area contributed by atoms with Crippen LogP contribution in [0, 0.1) is 5.92 Å². The number of amides is 2. The topological polar surface area (TPSA) is 62.3 Å². The molecule has 0 unspecified atom stereocenters. The summed E-state index contributed by atoms with van der Waals surface area (Å²) in [5, 5.41) is 5.17. The fraction of sp³-hybridized carbons (Fsp3) is 0.688. The van der Waals surface area contributed by atoms with E-state index in [2.05, 4.69) is 17.2 Å². The van der Waals surface area contributed by atoms with Crippen molar-refractivity contribution in [3.05, 3.63) is 11.6 Å². The second kappa shape index (κ2) is 8.88. The average molecular weight is 323 g/mol. The molecular formula is C16H25N3O2S. The number of aromatic nitrogens is 1. The van der Waals surface area contributed by atoms with E-state index >= 15 is 0 Å². The number of hydrogen-bond donors (Lipinski definition) is 1. The molecule has 2 rings (SSSR count). The number of nitrogens with one attached hydrogen (secondary N) is 1. The summed E-state index contributed by atoms with van der Waals surface area (Å²) in [5.74, 6) is 0.133. The molecule has 1 saturated carbocycles. The van der Waals surface area contributed by atoms with Crippen molar-refractivity contribution in [2.24, 2.45) is 5.92 Å². The minimum atomic E-state index is -0.155. The van der Waals surface area contributed by atoms with Gasteiger partial charge in [-0.05, 0) is 19.3 Å². The molecule has 5 nitrogen and oxygen atoms in total. The summed E-state index contributed by atoms with van der Waals surface area (Å²) in [6.45, 7) is 2.99. The van der Waals surface area contributed by atoms with E-state index in [0.29, 0.717) is 11.7 Å². The van der Waals surface area contributed by atoms with Crippen LogP contribution in [0.2, 0.25) is 0 Å². The lowest BCUT2D eigenvalue weighted by atomic mass is 9.84. The summed E-state index contributed by atoms with van der Waals surface area (Å²) < 4.78 is 0. The zero-order valence-electron chi connectivity index (χ0n) is 13.2. The van der Waals surface area contributed by atoms with Gasteiger partial charge in [0.25, 0.3) is 0 Å². The van der Waals surface area contributed by atoms with Crippen LogP contribution in [0.5, 0.6) is 0 Å². The largest absolute Gasteiger partial charge is 0.333 e. The second-order valence-electron chi connectivity index (χ2n) is 5.83. The zero-order valence-corrected chi connectivity index (χ0v) is 14.0. The summed E-state index contributed by atoms with van der Waals surface area (Å²) in [6, 6.07) is 0. The number of hydrogen-bond acceptors (Lipinski definition) is 4. The quantitative estimate of drug-likeness (QED) is 0.709. The third-order valence-electron chi connectivity index (χ3n) is 4.06. The molecular weight excluding hydrogens is 298 g/mol. The lowest BCUT2D eigenvalue weighted by Gasteiger charge is -2.31. The SMILES string of the molecule is CCCCCCN(CC(=O)Nc1nccs1)C(=O)C1CCC1. The van der Waals surface area contributed by atoms with Crippen LogP contribution in [-0.4, -0.2) is 34.8 Å². The molecule has 22 heavy (non-hydrogen) atoms. The van der Waals surface area contributed by atoms with Crippen LogP contribution in [0.15, 0.2) is 11.6 Å². The molecule has 0 aliphatic heterocycles. The van der Waals surface area contributed by atoms with E-state index in [1.54, 1.807) is 11.1 Å². The summed E-state index contributed by atoms with van der Waals surface area (Å²) in [4.78, 5) is 30.3. The van der Waals surface area contributed by atoms with Gasteiger partial charge in [0.1, 0.15) is 0 Å². The molecule has 1 aromatic heterocycles. The Balaban J connectivity index is 1.84. The van der Waals surface area contributed by atoms with Crippen molar-refractivity contribution in [3.63, 3.8) is 0 Å². The number of unbranched alkanes of at least 4 members (excludes halogenated alkanes) is 3. The predicted molar refractivity (Wildman–Crippen MR) is 88.8 cm³/mol. The van der Waals surface area contributed by atoms with Crippen LogP contribution in [0.25, 0.3) is 0 Å². The van der Waals surface area contributed by atoms with Gasteiger partial charge in [0.15, 0.2) is 5.13 Å². The van der Waals surface area contributed by atoms with Gasteiger partial charge in [-0.2, -0.15) is 0 Å². The Labute approximate surface area is 136 Å². The molecule has 1 aliphatic rings. The molecule has 6 heteroatoms. The van der Waals surface area contributed by atoms with Crippen molar-refractivity contribution < 1.29 is 9.59 Å². The molecule has 1 aliphatic carbocycles. The molecule has 0 radical (unpaired) electrons. The lowest BCUT2D eigenvalue weighted by molar-refractivity contribution is -0.140. The van der Waals surface area contributed by atoms with E-state index in [9.17, 15) is 9.59 Å². The highest BCUT2D eigenvalue weighted by Gasteiger charge is 2.30. The first-order valence-electron chi connectivity index (χ1n) is 8.19. The summed E-state index contributed by atoms with van der Waals surface area (Å²) in [7, 11) is 0. The van der Waals surface area contributed by atoms with Crippen LogP contribution in [-0.2, 0) is 9.59 Å². The first-order chi connectivity index (χ1) is 10.7. The minimum absolute atomic E-state index is 0.138. The fourth-order valence-corrected chi connectivity index (χ4v) is 3.07. The van der Waals surface area contributed by atoms with E-state index < -0.39 is 0 Å². The van der Waals surface area contributed by atoms with E-state index in [0.717, 1.165) is 32.1 Å². The molecule has 1 aromatic rings. The predicted octanol–water partition coefficient (Wildman–Crippen LogP) is 3.29. The Morgan fingerprint density at radius 1 is 1.36 bits per heavy atom. The summed E-state index contributed by atoms with van der Waals surface area (Å²) in [5.41, 5.74) is 0. The molecule has 1 fully saturated rings. The normalized spacial score (nSPS) is 14.4. The van der Waals surface area contributed by atoms with Crippen LogP contribution in [0.3, 0.4) is 0 Å². The second-order valence-corrected chi connectivity index (χ2v) is 6.73. The fourth-order valence-electron chi connectivity index (χ4n) is 2.53. The Morgan fingerprint density at radius 3 is 2.77 bits per heavy atom. The number of anilines is 1. The Kier molecular flexibility index (Phi) is 6.83. The van der Waals surface area contributed by atoms with Gasteiger partial charge in [0.05, 0.1) is 6.54 Å². The highest BCUT2D eigenvalue weighted by atomic mass is 32.1. The highest BCUT2D eigenvalue weighted by Crippen LogP contribution is 2.28. The van der Waals surface area contributed by atoms with Crippen LogP contribution in [0.4, 0.5) is 5.13 Å². The number of nitrogens with zero attached hydrogens (tertiary/aromatic N) is 2. The van der Waals surface area contributed by atoms with Gasteiger partial charge < -0.3 is 10.2 Å². The lowest BCUT2D eigenvalue weighted by Crippen LogP contribution is -2.43. The monoisotopic (exact) mass is 323 g/mol. The Bertz CT molecular complexity index is 472. The van der Waals surface area contributed by atoms with E-state index in [1.807, 2.05) is 5.38 Å². The smallest absolute Gasteiger partial charge is 0.245 e. The van der Waals surface area contributed by atoms with Crippen LogP contribution < -0.4 is 5.32 Å². The van der Waals surface area contributed by atoms with Gasteiger partial charge in [-0.15, -0.1) is 11.3 Å². The molecule has 1 heterocycles. The molecule has 0 saturated heterocycles. The first kappa shape index (κ1) is 16.9. The molecule has 0 spiro atoms. The number of rotatable bonds is 9. The van der Waals surface area contributed by atoms with Gasteiger partial charge >= 0.3 is 0 Å². The van der Waals surface area contributed by atoms with Crippen LogP contribution >= 0.6 is 11.3 Å². The third kappa shape index (κ3) is 5.09. The average Bonchev–Trinajstić information content (AvgIpc) is 2.93. The molecule has 1 N–H and O–H groups in total. The van der Waals surface area contributed by atoms with Crippen molar-refractivity contribution in [3.8, 4) is 0 Å². The van der Waals surface area contributed by atoms with E-state index in [-0.39, 0.29) is 24.3 Å². The minimum Gasteiger partial charge on any atom is -0.333 e. The van der Waals surface area contributed by atoms with Gasteiger partial charge in [-0.1, -0.05) is 32.6 Å². The van der Waals surface area contributed by atoms with Crippen molar-refractivity contribution in [1.82, 2.24) is 9.88 Å². The maximum atomic E-state index is 12.5.